The molecule has 6 heteroatoms. The lowest BCUT2D eigenvalue weighted by Crippen LogP contribution is -2.03. The summed E-state index contributed by atoms with van der Waals surface area (Å²) in [6.07, 6.45) is 1.61. The van der Waals surface area contributed by atoms with Crippen LogP contribution >= 0.6 is 11.6 Å². The highest BCUT2D eigenvalue weighted by Crippen LogP contribution is 2.20. The maximum atomic E-state index is 8.81. The third-order valence-electron chi connectivity index (χ3n) is 2.99. The summed E-state index contributed by atoms with van der Waals surface area (Å²) in [5.41, 5.74) is 1.38. The molecule has 1 N–H and O–H groups in total. The van der Waals surface area contributed by atoms with Crippen molar-refractivity contribution < 1.29 is 4.52 Å². The highest BCUT2D eigenvalue weighted by atomic mass is 35.5. The van der Waals surface area contributed by atoms with Crippen molar-refractivity contribution in [1.82, 2.24) is 10.1 Å². The summed E-state index contributed by atoms with van der Waals surface area (Å²) in [5.74, 6) is 1.69. The van der Waals surface area contributed by atoms with Crippen molar-refractivity contribution in [1.29, 1.82) is 5.26 Å². The van der Waals surface area contributed by atoms with Crippen molar-refractivity contribution in [3.05, 3.63) is 40.5 Å². The van der Waals surface area contributed by atoms with Gasteiger partial charge in [0, 0.05) is 24.6 Å². The second-order valence-electron chi connectivity index (χ2n) is 5.04. The molecule has 21 heavy (non-hydrogen) atoms. The summed E-state index contributed by atoms with van der Waals surface area (Å²) in [4.78, 5) is 4.33. The van der Waals surface area contributed by atoms with Crippen LogP contribution in [0.15, 0.2) is 22.7 Å². The number of halogens is 1. The van der Waals surface area contributed by atoms with E-state index in [4.69, 9.17) is 21.4 Å². The summed E-state index contributed by atoms with van der Waals surface area (Å²) in [6, 6.07) is 7.34. The maximum absolute atomic E-state index is 8.81. The van der Waals surface area contributed by atoms with Crippen molar-refractivity contribution in [2.45, 2.75) is 32.6 Å². The molecular weight excluding hydrogens is 288 g/mol. The van der Waals surface area contributed by atoms with Gasteiger partial charge in [-0.15, -0.1) is 0 Å². The molecule has 0 fully saturated rings. The second kappa shape index (κ2) is 7.09. The Morgan fingerprint density at radius 1 is 1.43 bits per heavy atom. The van der Waals surface area contributed by atoms with Crippen LogP contribution in [-0.2, 0) is 6.42 Å². The fourth-order valence-corrected chi connectivity index (χ4v) is 2.01. The standard InChI is InChI=1S/C15H17ClN4O/c1-10(2)15-19-14(21-20-15)4-3-7-18-12-6-5-11(9-17)13(16)8-12/h5-6,8,10,18H,3-4,7H2,1-2H3. The van der Waals surface area contributed by atoms with Crippen LogP contribution in [0.1, 0.15) is 43.5 Å². The Labute approximate surface area is 128 Å². The van der Waals surface area contributed by atoms with Crippen LogP contribution in [0.5, 0.6) is 0 Å². The monoisotopic (exact) mass is 304 g/mol. The first-order valence-electron chi connectivity index (χ1n) is 6.86. The van der Waals surface area contributed by atoms with Crippen molar-refractivity contribution in [3.63, 3.8) is 0 Å². The van der Waals surface area contributed by atoms with Crippen molar-refractivity contribution >= 4 is 17.3 Å². The molecule has 0 aliphatic heterocycles. The van der Waals surface area contributed by atoms with Gasteiger partial charge < -0.3 is 9.84 Å². The van der Waals surface area contributed by atoms with Crippen LogP contribution in [0.3, 0.4) is 0 Å². The minimum Gasteiger partial charge on any atom is -0.385 e. The lowest BCUT2D eigenvalue weighted by molar-refractivity contribution is 0.369. The van der Waals surface area contributed by atoms with Crippen LogP contribution in [0, 0.1) is 11.3 Å². The first-order valence-corrected chi connectivity index (χ1v) is 7.24. The number of hydrogen-bond acceptors (Lipinski definition) is 5. The Morgan fingerprint density at radius 3 is 2.86 bits per heavy atom. The van der Waals surface area contributed by atoms with E-state index < -0.39 is 0 Å². The number of hydrogen-bond donors (Lipinski definition) is 1. The van der Waals surface area contributed by atoms with E-state index in [2.05, 4.69) is 15.5 Å². The van der Waals surface area contributed by atoms with Gasteiger partial charge in [0.1, 0.15) is 6.07 Å². The number of rotatable bonds is 6. The van der Waals surface area contributed by atoms with E-state index in [1.54, 1.807) is 12.1 Å². The number of nitrogens with one attached hydrogen (secondary N) is 1. The van der Waals surface area contributed by atoms with Gasteiger partial charge in [-0.25, -0.2) is 0 Å². The maximum Gasteiger partial charge on any atom is 0.226 e. The first-order chi connectivity index (χ1) is 10.1. The van der Waals surface area contributed by atoms with Gasteiger partial charge in [-0.05, 0) is 24.6 Å². The van der Waals surface area contributed by atoms with E-state index >= 15 is 0 Å². The first kappa shape index (κ1) is 15.3. The topological polar surface area (TPSA) is 74.7 Å². The number of nitriles is 1. The number of aryl methyl sites for hydroxylation is 1. The molecule has 1 heterocycles. The largest absolute Gasteiger partial charge is 0.385 e. The minimum absolute atomic E-state index is 0.279. The quantitative estimate of drug-likeness (QED) is 0.822. The molecule has 0 atom stereocenters. The van der Waals surface area contributed by atoms with Gasteiger partial charge in [-0.2, -0.15) is 10.2 Å². The van der Waals surface area contributed by atoms with Gasteiger partial charge >= 0.3 is 0 Å². The number of anilines is 1. The number of nitrogens with zero attached hydrogens (tertiary/aromatic N) is 3. The summed E-state index contributed by atoms with van der Waals surface area (Å²) < 4.78 is 5.18. The molecule has 0 radical (unpaired) electrons. The molecule has 5 nitrogen and oxygen atoms in total. The van der Waals surface area contributed by atoms with Gasteiger partial charge in [-0.1, -0.05) is 30.6 Å². The fraction of sp³-hybridized carbons (Fsp3) is 0.400. The average molecular weight is 305 g/mol. The van der Waals surface area contributed by atoms with Gasteiger partial charge in [0.15, 0.2) is 5.82 Å². The normalized spacial score (nSPS) is 10.6. The molecule has 0 unspecified atom stereocenters. The van der Waals surface area contributed by atoms with Crippen LogP contribution in [0.2, 0.25) is 5.02 Å². The Hall–Kier alpha value is -2.06. The molecule has 0 aliphatic carbocycles. The minimum atomic E-state index is 0.279. The molecule has 1 aromatic heterocycles. The highest BCUT2D eigenvalue weighted by molar-refractivity contribution is 6.32. The zero-order valence-electron chi connectivity index (χ0n) is 12.1. The number of aromatic nitrogens is 2. The van der Waals surface area contributed by atoms with Crippen LogP contribution in [-0.4, -0.2) is 16.7 Å². The number of benzene rings is 1. The van der Waals surface area contributed by atoms with Gasteiger partial charge in [0.05, 0.1) is 10.6 Å². The molecule has 0 amide bonds. The molecule has 1 aromatic carbocycles. The predicted molar refractivity (Wildman–Crippen MR) is 81.4 cm³/mol. The van der Waals surface area contributed by atoms with Crippen LogP contribution in [0.25, 0.3) is 0 Å². The van der Waals surface area contributed by atoms with Crippen molar-refractivity contribution in [2.24, 2.45) is 0 Å². The summed E-state index contributed by atoms with van der Waals surface area (Å²) >= 11 is 5.97. The fourth-order valence-electron chi connectivity index (χ4n) is 1.79. The highest BCUT2D eigenvalue weighted by Gasteiger charge is 2.09. The van der Waals surface area contributed by atoms with Gasteiger partial charge in [0.25, 0.3) is 0 Å². The van der Waals surface area contributed by atoms with Crippen molar-refractivity contribution in [3.8, 4) is 6.07 Å². The molecule has 2 aromatic rings. The Morgan fingerprint density at radius 2 is 2.24 bits per heavy atom. The lowest BCUT2D eigenvalue weighted by atomic mass is 10.2. The second-order valence-corrected chi connectivity index (χ2v) is 5.44. The van der Waals surface area contributed by atoms with Crippen LogP contribution in [0.4, 0.5) is 5.69 Å². The Balaban J connectivity index is 1.79. The smallest absolute Gasteiger partial charge is 0.226 e. The lowest BCUT2D eigenvalue weighted by Gasteiger charge is -2.06. The SMILES string of the molecule is CC(C)c1noc(CCCNc2ccc(C#N)c(Cl)c2)n1. The molecule has 110 valence electrons. The van der Waals surface area contributed by atoms with E-state index in [1.165, 1.54) is 0 Å². The molecule has 0 saturated carbocycles. The summed E-state index contributed by atoms with van der Waals surface area (Å²) in [7, 11) is 0. The predicted octanol–water partition coefficient (Wildman–Crippen LogP) is 3.76. The molecule has 0 aliphatic rings. The van der Waals surface area contributed by atoms with Crippen LogP contribution < -0.4 is 5.32 Å². The van der Waals surface area contributed by atoms with E-state index in [1.807, 2.05) is 26.0 Å². The van der Waals surface area contributed by atoms with Gasteiger partial charge in [0.2, 0.25) is 5.89 Å². The molecule has 0 spiro atoms. The molecule has 0 bridgehead atoms. The molecule has 0 saturated heterocycles. The summed E-state index contributed by atoms with van der Waals surface area (Å²) in [6.45, 7) is 4.83. The molecule has 2 rings (SSSR count). The Kier molecular flexibility index (Phi) is 5.18. The zero-order valence-corrected chi connectivity index (χ0v) is 12.8. The van der Waals surface area contributed by atoms with E-state index in [9.17, 15) is 0 Å². The van der Waals surface area contributed by atoms with E-state index in [0.717, 1.165) is 30.9 Å². The Bertz CT molecular complexity index is 645. The van der Waals surface area contributed by atoms with E-state index in [0.29, 0.717) is 16.5 Å². The zero-order chi connectivity index (χ0) is 15.2. The third kappa shape index (κ3) is 4.20. The third-order valence-corrected chi connectivity index (χ3v) is 3.30. The average Bonchev–Trinajstić information content (AvgIpc) is 2.93. The van der Waals surface area contributed by atoms with Gasteiger partial charge in [-0.3, -0.25) is 0 Å². The summed E-state index contributed by atoms with van der Waals surface area (Å²) in [5, 5.41) is 16.5. The van der Waals surface area contributed by atoms with Crippen molar-refractivity contribution in [2.75, 3.05) is 11.9 Å². The van der Waals surface area contributed by atoms with E-state index in [-0.39, 0.29) is 5.92 Å². The molecular formula is C15H17ClN4O.